The fourth-order valence-corrected chi connectivity index (χ4v) is 4.86. The highest BCUT2D eigenvalue weighted by Gasteiger charge is 2.42. The van der Waals surface area contributed by atoms with Crippen LogP contribution in [0.5, 0.6) is 0 Å². The minimum Gasteiger partial charge on any atom is -0.391 e. The SMILES string of the molecule is Cc1ccn(CCC(=O)N[C@H]2C[C@H]3CN(c4nccs4)C[C@H]3C[C@@H]2O)n1. The number of carbonyl (C=O) groups excluding carboxylic acids is 1. The highest BCUT2D eigenvalue weighted by atomic mass is 32.1. The number of nitrogens with zero attached hydrogens (tertiary/aromatic N) is 4. The number of aryl methyl sites for hydroxylation is 2. The summed E-state index contributed by atoms with van der Waals surface area (Å²) < 4.78 is 1.78. The first-order chi connectivity index (χ1) is 12.6. The predicted molar refractivity (Wildman–Crippen MR) is 100 cm³/mol. The van der Waals surface area contributed by atoms with Gasteiger partial charge in [-0.05, 0) is 37.7 Å². The molecule has 2 aromatic rings. The first kappa shape index (κ1) is 17.5. The quantitative estimate of drug-likeness (QED) is 0.826. The third kappa shape index (κ3) is 3.76. The van der Waals surface area contributed by atoms with E-state index >= 15 is 0 Å². The topological polar surface area (TPSA) is 83.3 Å². The molecule has 2 aromatic heterocycles. The van der Waals surface area contributed by atoms with Crippen LogP contribution in [-0.4, -0.2) is 51.0 Å². The third-order valence-corrected chi connectivity index (χ3v) is 6.35. The van der Waals surface area contributed by atoms with Gasteiger partial charge in [0.15, 0.2) is 5.13 Å². The highest BCUT2D eigenvalue weighted by Crippen LogP contribution is 2.38. The maximum atomic E-state index is 12.3. The number of anilines is 1. The fourth-order valence-electron chi connectivity index (χ4n) is 4.20. The molecular weight excluding hydrogens is 350 g/mol. The molecule has 0 spiro atoms. The van der Waals surface area contributed by atoms with Crippen molar-refractivity contribution in [1.82, 2.24) is 20.1 Å². The molecule has 2 fully saturated rings. The Balaban J connectivity index is 1.30. The molecule has 26 heavy (non-hydrogen) atoms. The molecule has 0 unspecified atom stereocenters. The van der Waals surface area contributed by atoms with Crippen molar-refractivity contribution in [2.45, 2.75) is 44.9 Å². The summed E-state index contributed by atoms with van der Waals surface area (Å²) in [6, 6.07) is 1.77. The van der Waals surface area contributed by atoms with Crippen molar-refractivity contribution in [3.63, 3.8) is 0 Å². The average Bonchev–Trinajstić information content (AvgIpc) is 3.33. The molecule has 1 saturated carbocycles. The zero-order valence-corrected chi connectivity index (χ0v) is 15.7. The Labute approximate surface area is 157 Å². The molecule has 140 valence electrons. The second-order valence-electron chi connectivity index (χ2n) is 7.42. The molecule has 1 amide bonds. The van der Waals surface area contributed by atoms with Crippen molar-refractivity contribution in [2.24, 2.45) is 11.8 Å². The van der Waals surface area contributed by atoms with Gasteiger partial charge in [0.2, 0.25) is 5.91 Å². The van der Waals surface area contributed by atoms with E-state index in [1.165, 1.54) is 0 Å². The van der Waals surface area contributed by atoms with E-state index < -0.39 is 6.10 Å². The van der Waals surface area contributed by atoms with Gasteiger partial charge in [0.05, 0.1) is 17.8 Å². The van der Waals surface area contributed by atoms with Crippen LogP contribution in [0, 0.1) is 18.8 Å². The number of fused-ring (bicyclic) bond motifs is 1. The van der Waals surface area contributed by atoms with Crippen LogP contribution in [0.15, 0.2) is 23.8 Å². The van der Waals surface area contributed by atoms with Gasteiger partial charge in [-0.2, -0.15) is 5.10 Å². The molecule has 1 saturated heterocycles. The smallest absolute Gasteiger partial charge is 0.222 e. The molecule has 2 aliphatic rings. The van der Waals surface area contributed by atoms with E-state index in [-0.39, 0.29) is 11.9 Å². The van der Waals surface area contributed by atoms with E-state index in [0.29, 0.717) is 24.8 Å². The number of aliphatic hydroxyl groups excluding tert-OH is 1. The number of aliphatic hydroxyl groups is 1. The van der Waals surface area contributed by atoms with Crippen molar-refractivity contribution < 1.29 is 9.90 Å². The van der Waals surface area contributed by atoms with E-state index in [4.69, 9.17) is 0 Å². The summed E-state index contributed by atoms with van der Waals surface area (Å²) in [5, 5.41) is 20.9. The molecule has 0 aromatic carbocycles. The molecule has 8 heteroatoms. The van der Waals surface area contributed by atoms with Gasteiger partial charge in [-0.25, -0.2) is 4.98 Å². The van der Waals surface area contributed by atoms with Gasteiger partial charge in [0.1, 0.15) is 0 Å². The minimum atomic E-state index is -0.469. The summed E-state index contributed by atoms with van der Waals surface area (Å²) in [6.45, 7) is 4.41. The first-order valence-corrected chi connectivity index (χ1v) is 10.1. The summed E-state index contributed by atoms with van der Waals surface area (Å²) in [5.41, 5.74) is 0.949. The maximum Gasteiger partial charge on any atom is 0.222 e. The fraction of sp³-hybridized carbons (Fsp3) is 0.611. The van der Waals surface area contributed by atoms with E-state index in [2.05, 4.69) is 20.3 Å². The molecule has 4 atom stereocenters. The zero-order chi connectivity index (χ0) is 18.1. The van der Waals surface area contributed by atoms with E-state index in [1.54, 1.807) is 16.0 Å². The van der Waals surface area contributed by atoms with Crippen molar-refractivity contribution >= 4 is 22.4 Å². The van der Waals surface area contributed by atoms with Crippen LogP contribution in [-0.2, 0) is 11.3 Å². The Morgan fingerprint density at radius 1 is 1.38 bits per heavy atom. The lowest BCUT2D eigenvalue weighted by molar-refractivity contribution is -0.123. The lowest BCUT2D eigenvalue weighted by Crippen LogP contribution is -2.49. The summed E-state index contributed by atoms with van der Waals surface area (Å²) in [4.78, 5) is 19.0. The Kier molecular flexibility index (Phi) is 4.95. The number of nitrogens with one attached hydrogen (secondary N) is 1. The van der Waals surface area contributed by atoms with Gasteiger partial charge < -0.3 is 15.3 Å². The van der Waals surface area contributed by atoms with Crippen LogP contribution in [0.4, 0.5) is 5.13 Å². The van der Waals surface area contributed by atoms with Crippen molar-refractivity contribution in [2.75, 3.05) is 18.0 Å². The molecule has 7 nitrogen and oxygen atoms in total. The lowest BCUT2D eigenvalue weighted by atomic mass is 9.77. The van der Waals surface area contributed by atoms with Gasteiger partial charge in [0, 0.05) is 43.8 Å². The van der Waals surface area contributed by atoms with Crippen molar-refractivity contribution in [3.8, 4) is 0 Å². The Morgan fingerprint density at radius 2 is 2.19 bits per heavy atom. The van der Waals surface area contributed by atoms with Crippen LogP contribution >= 0.6 is 11.3 Å². The van der Waals surface area contributed by atoms with Gasteiger partial charge in [0.25, 0.3) is 0 Å². The standard InChI is InChI=1S/C18H25N5O2S/c1-12-2-5-23(21-12)6-3-17(25)20-15-8-13-10-22(18-19-4-7-26-18)11-14(13)9-16(15)24/h2,4-5,7,13-16,24H,3,6,8-11H2,1H3,(H,20,25)/t13-,14+,15-,16-/m0/s1. The van der Waals surface area contributed by atoms with Crippen LogP contribution < -0.4 is 10.2 Å². The van der Waals surface area contributed by atoms with Crippen LogP contribution in [0.2, 0.25) is 0 Å². The monoisotopic (exact) mass is 375 g/mol. The Hall–Kier alpha value is -1.93. The number of thiazole rings is 1. The molecule has 0 bridgehead atoms. The highest BCUT2D eigenvalue weighted by molar-refractivity contribution is 7.13. The van der Waals surface area contributed by atoms with Gasteiger partial charge in [-0.15, -0.1) is 11.3 Å². The number of aromatic nitrogens is 3. The number of amides is 1. The summed E-state index contributed by atoms with van der Waals surface area (Å²) in [6.07, 6.45) is 5.21. The van der Waals surface area contributed by atoms with Crippen LogP contribution in [0.3, 0.4) is 0 Å². The van der Waals surface area contributed by atoms with Crippen LogP contribution in [0.25, 0.3) is 0 Å². The molecular formula is C18H25N5O2S. The van der Waals surface area contributed by atoms with Gasteiger partial charge >= 0.3 is 0 Å². The maximum absolute atomic E-state index is 12.3. The lowest BCUT2D eigenvalue weighted by Gasteiger charge is -2.35. The van der Waals surface area contributed by atoms with Gasteiger partial charge in [-0.3, -0.25) is 9.48 Å². The normalized spacial score (nSPS) is 28.2. The molecule has 2 N–H and O–H groups in total. The second-order valence-corrected chi connectivity index (χ2v) is 8.30. The number of carbonyl (C=O) groups is 1. The number of hydrogen-bond acceptors (Lipinski definition) is 6. The number of hydrogen-bond donors (Lipinski definition) is 2. The molecule has 1 aliphatic carbocycles. The minimum absolute atomic E-state index is 0.0181. The third-order valence-electron chi connectivity index (χ3n) is 5.52. The van der Waals surface area contributed by atoms with E-state index in [0.717, 1.165) is 36.8 Å². The molecule has 1 aliphatic heterocycles. The molecule has 4 rings (SSSR count). The predicted octanol–water partition coefficient (Wildman–Crippen LogP) is 1.43. The first-order valence-electron chi connectivity index (χ1n) is 9.20. The summed E-state index contributed by atoms with van der Waals surface area (Å²) >= 11 is 1.66. The average molecular weight is 375 g/mol. The Morgan fingerprint density at radius 3 is 2.88 bits per heavy atom. The molecule has 0 radical (unpaired) electrons. The zero-order valence-electron chi connectivity index (χ0n) is 14.9. The van der Waals surface area contributed by atoms with Crippen molar-refractivity contribution in [3.05, 3.63) is 29.5 Å². The van der Waals surface area contributed by atoms with Gasteiger partial charge in [-0.1, -0.05) is 0 Å². The van der Waals surface area contributed by atoms with E-state index in [1.807, 2.05) is 30.8 Å². The van der Waals surface area contributed by atoms with E-state index in [9.17, 15) is 9.90 Å². The molecule has 3 heterocycles. The summed E-state index contributed by atoms with van der Waals surface area (Å²) in [5.74, 6) is 0.964. The Bertz CT molecular complexity index is 747. The largest absolute Gasteiger partial charge is 0.391 e. The number of rotatable bonds is 5. The van der Waals surface area contributed by atoms with Crippen molar-refractivity contribution in [1.29, 1.82) is 0 Å². The summed E-state index contributed by atoms with van der Waals surface area (Å²) in [7, 11) is 0. The van der Waals surface area contributed by atoms with Crippen LogP contribution in [0.1, 0.15) is 25.0 Å². The second kappa shape index (κ2) is 7.36.